The van der Waals surface area contributed by atoms with Crippen molar-refractivity contribution in [2.75, 3.05) is 31.8 Å². The van der Waals surface area contributed by atoms with Crippen molar-refractivity contribution in [3.8, 4) is 0 Å². The summed E-state index contributed by atoms with van der Waals surface area (Å²) in [6, 6.07) is 10.2. The van der Waals surface area contributed by atoms with Crippen LogP contribution in [0.4, 0.5) is 5.69 Å². The molecule has 0 saturated heterocycles. The van der Waals surface area contributed by atoms with Crippen LogP contribution in [-0.4, -0.2) is 32.8 Å². The molecule has 1 unspecified atom stereocenters. The van der Waals surface area contributed by atoms with Crippen molar-refractivity contribution >= 4 is 11.6 Å². The molecule has 2 aliphatic rings. The van der Waals surface area contributed by atoms with Crippen molar-refractivity contribution in [1.29, 1.82) is 0 Å². The van der Waals surface area contributed by atoms with E-state index in [-0.39, 0.29) is 18.6 Å². The number of carbonyl (C=O) groups is 1. The lowest BCUT2D eigenvalue weighted by atomic mass is 10.1. The number of amides is 1. The van der Waals surface area contributed by atoms with Gasteiger partial charge in [-0.3, -0.25) is 4.79 Å². The van der Waals surface area contributed by atoms with E-state index < -0.39 is 0 Å². The molecule has 1 aromatic carbocycles. The molecule has 0 fully saturated rings. The Morgan fingerprint density at radius 2 is 2.14 bits per heavy atom. The van der Waals surface area contributed by atoms with Gasteiger partial charge in [0.15, 0.2) is 11.5 Å². The second kappa shape index (κ2) is 6.56. The number of nitrogens with zero attached hydrogens (tertiary/aromatic N) is 1. The van der Waals surface area contributed by atoms with E-state index in [1.54, 1.807) is 6.08 Å². The fraction of sp³-hybridized carbons (Fsp3) is 0.353. The van der Waals surface area contributed by atoms with Gasteiger partial charge < -0.3 is 19.7 Å². The molecule has 5 nitrogen and oxygen atoms in total. The van der Waals surface area contributed by atoms with E-state index in [2.05, 4.69) is 29.4 Å². The molecule has 0 bridgehead atoms. The summed E-state index contributed by atoms with van der Waals surface area (Å²) in [5, 5.41) is 2.96. The van der Waals surface area contributed by atoms with E-state index in [0.717, 1.165) is 13.0 Å². The van der Waals surface area contributed by atoms with E-state index in [0.29, 0.717) is 18.1 Å². The van der Waals surface area contributed by atoms with Gasteiger partial charge in [-0.05, 0) is 24.6 Å². The topological polar surface area (TPSA) is 50.8 Å². The van der Waals surface area contributed by atoms with Crippen LogP contribution in [0, 0.1) is 5.92 Å². The molecule has 0 aromatic heterocycles. The predicted molar refractivity (Wildman–Crippen MR) is 84.0 cm³/mol. The summed E-state index contributed by atoms with van der Waals surface area (Å²) in [6.45, 7) is 1.74. The van der Waals surface area contributed by atoms with Crippen LogP contribution in [0.25, 0.3) is 0 Å². The first kappa shape index (κ1) is 14.5. The third-order valence-electron chi connectivity index (χ3n) is 3.84. The highest BCUT2D eigenvalue weighted by molar-refractivity contribution is 5.84. The maximum Gasteiger partial charge on any atom is 0.234 e. The number of benzene rings is 1. The summed E-state index contributed by atoms with van der Waals surface area (Å²) in [4.78, 5) is 14.3. The van der Waals surface area contributed by atoms with Crippen LogP contribution in [0.5, 0.6) is 0 Å². The molecule has 1 N–H and O–H groups in total. The van der Waals surface area contributed by atoms with E-state index in [4.69, 9.17) is 9.47 Å². The third kappa shape index (κ3) is 3.08. The van der Waals surface area contributed by atoms with Crippen LogP contribution in [-0.2, 0) is 14.3 Å². The summed E-state index contributed by atoms with van der Waals surface area (Å²) < 4.78 is 10.6. The number of carbonyl (C=O) groups excluding carboxylic acids is 1. The SMILES string of the molecule is CN(CCCNC(=O)C1C=CC2=C1OCO2)c1ccccc1. The minimum atomic E-state index is -0.343. The molecule has 1 atom stereocenters. The Morgan fingerprint density at radius 1 is 1.32 bits per heavy atom. The standard InChI is InChI=1S/C17H20N2O3/c1-19(13-6-3-2-4-7-13)11-5-10-18-17(20)14-8-9-15-16(14)22-12-21-15/h2-4,6-9,14H,5,10-12H2,1H3,(H,18,20). The molecule has 1 aromatic rings. The quantitative estimate of drug-likeness (QED) is 0.817. The summed E-state index contributed by atoms with van der Waals surface area (Å²) in [5.41, 5.74) is 1.18. The van der Waals surface area contributed by atoms with E-state index in [9.17, 15) is 4.79 Å². The average molecular weight is 300 g/mol. The highest BCUT2D eigenvalue weighted by Crippen LogP contribution is 2.31. The molecule has 1 aliphatic heterocycles. The van der Waals surface area contributed by atoms with Gasteiger partial charge in [0, 0.05) is 25.8 Å². The minimum Gasteiger partial charge on any atom is -0.457 e. The first-order chi connectivity index (χ1) is 10.8. The van der Waals surface area contributed by atoms with Crippen LogP contribution >= 0.6 is 0 Å². The monoisotopic (exact) mass is 300 g/mol. The zero-order valence-corrected chi connectivity index (χ0v) is 12.6. The lowest BCUT2D eigenvalue weighted by molar-refractivity contribution is -0.123. The highest BCUT2D eigenvalue weighted by Gasteiger charge is 2.32. The van der Waals surface area contributed by atoms with Gasteiger partial charge >= 0.3 is 0 Å². The summed E-state index contributed by atoms with van der Waals surface area (Å²) in [5.74, 6) is 0.946. The number of para-hydroxylation sites is 1. The van der Waals surface area contributed by atoms with Gasteiger partial charge in [0.1, 0.15) is 5.92 Å². The Balaban J connectivity index is 1.40. The van der Waals surface area contributed by atoms with E-state index in [1.165, 1.54) is 5.69 Å². The number of hydrogen-bond donors (Lipinski definition) is 1. The number of allylic oxidation sites excluding steroid dienone is 1. The number of ether oxygens (including phenoxy) is 2. The highest BCUT2D eigenvalue weighted by atomic mass is 16.7. The molecule has 1 amide bonds. The van der Waals surface area contributed by atoms with Crippen molar-refractivity contribution in [3.05, 3.63) is 54.0 Å². The fourth-order valence-electron chi connectivity index (χ4n) is 2.60. The molecule has 1 heterocycles. The second-order valence-corrected chi connectivity index (χ2v) is 5.37. The zero-order valence-electron chi connectivity index (χ0n) is 12.6. The van der Waals surface area contributed by atoms with Gasteiger partial charge in [-0.25, -0.2) is 0 Å². The summed E-state index contributed by atoms with van der Waals surface area (Å²) in [7, 11) is 2.05. The van der Waals surface area contributed by atoms with Gasteiger partial charge in [0.2, 0.25) is 12.7 Å². The fourth-order valence-corrected chi connectivity index (χ4v) is 2.60. The van der Waals surface area contributed by atoms with Crippen LogP contribution in [0.1, 0.15) is 6.42 Å². The minimum absolute atomic E-state index is 0.0332. The first-order valence-corrected chi connectivity index (χ1v) is 7.47. The maximum atomic E-state index is 12.2. The van der Waals surface area contributed by atoms with Gasteiger partial charge in [0.25, 0.3) is 0 Å². The summed E-state index contributed by atoms with van der Waals surface area (Å²) >= 11 is 0. The first-order valence-electron chi connectivity index (χ1n) is 7.47. The van der Waals surface area contributed by atoms with Gasteiger partial charge in [0.05, 0.1) is 0 Å². The number of anilines is 1. The number of hydrogen-bond acceptors (Lipinski definition) is 4. The normalized spacial score (nSPS) is 18.7. The molecule has 116 valence electrons. The van der Waals surface area contributed by atoms with Crippen LogP contribution in [0.3, 0.4) is 0 Å². The largest absolute Gasteiger partial charge is 0.457 e. The molecule has 0 spiro atoms. The number of rotatable bonds is 6. The molecular weight excluding hydrogens is 280 g/mol. The molecule has 1 aliphatic carbocycles. The molecular formula is C17H20N2O3. The van der Waals surface area contributed by atoms with E-state index >= 15 is 0 Å². The van der Waals surface area contributed by atoms with Crippen molar-refractivity contribution in [1.82, 2.24) is 5.32 Å². The molecule has 22 heavy (non-hydrogen) atoms. The molecule has 0 saturated carbocycles. The summed E-state index contributed by atoms with van der Waals surface area (Å²) in [6.07, 6.45) is 4.50. The Bertz CT molecular complexity index is 595. The van der Waals surface area contributed by atoms with Gasteiger partial charge in [-0.15, -0.1) is 0 Å². The van der Waals surface area contributed by atoms with Crippen molar-refractivity contribution in [3.63, 3.8) is 0 Å². The average Bonchev–Trinajstić information content (AvgIpc) is 3.15. The van der Waals surface area contributed by atoms with Gasteiger partial charge in [-0.1, -0.05) is 24.3 Å². The Morgan fingerprint density at radius 3 is 2.95 bits per heavy atom. The van der Waals surface area contributed by atoms with Crippen LogP contribution < -0.4 is 10.2 Å². The van der Waals surface area contributed by atoms with E-state index in [1.807, 2.05) is 24.3 Å². The second-order valence-electron chi connectivity index (χ2n) is 5.37. The van der Waals surface area contributed by atoms with Crippen molar-refractivity contribution in [2.45, 2.75) is 6.42 Å². The molecule has 0 radical (unpaired) electrons. The third-order valence-corrected chi connectivity index (χ3v) is 3.84. The van der Waals surface area contributed by atoms with Gasteiger partial charge in [-0.2, -0.15) is 0 Å². The zero-order chi connectivity index (χ0) is 15.4. The van der Waals surface area contributed by atoms with Crippen LogP contribution in [0.15, 0.2) is 54.0 Å². The lowest BCUT2D eigenvalue weighted by Crippen LogP contribution is -2.32. The predicted octanol–water partition coefficient (Wildman–Crippen LogP) is 2.03. The van der Waals surface area contributed by atoms with Crippen molar-refractivity contribution in [2.24, 2.45) is 5.92 Å². The number of nitrogens with one attached hydrogen (secondary N) is 1. The molecule has 5 heteroatoms. The van der Waals surface area contributed by atoms with Crippen LogP contribution in [0.2, 0.25) is 0 Å². The Labute approximate surface area is 130 Å². The molecule has 3 rings (SSSR count). The smallest absolute Gasteiger partial charge is 0.234 e. The lowest BCUT2D eigenvalue weighted by Gasteiger charge is -2.19. The van der Waals surface area contributed by atoms with Crippen molar-refractivity contribution < 1.29 is 14.3 Å². The Hall–Kier alpha value is -2.43. The maximum absolute atomic E-state index is 12.2. The Kier molecular flexibility index (Phi) is 4.32.